The van der Waals surface area contributed by atoms with E-state index in [2.05, 4.69) is 66.9 Å². The van der Waals surface area contributed by atoms with Crippen molar-refractivity contribution in [3.05, 3.63) is 45.2 Å². The van der Waals surface area contributed by atoms with Gasteiger partial charge in [-0.15, -0.1) is 0 Å². The molecule has 3 heteroatoms. The van der Waals surface area contributed by atoms with E-state index in [0.717, 1.165) is 23.6 Å². The number of aryl methyl sites for hydroxylation is 1. The normalized spacial score (nSPS) is 11.2. The van der Waals surface area contributed by atoms with E-state index in [1.54, 1.807) is 0 Å². The maximum atomic E-state index is 5.85. The van der Waals surface area contributed by atoms with Crippen LogP contribution in [0.3, 0.4) is 0 Å². The molecule has 0 aliphatic carbocycles. The van der Waals surface area contributed by atoms with E-state index < -0.39 is 0 Å². The van der Waals surface area contributed by atoms with Gasteiger partial charge in [0.25, 0.3) is 0 Å². The van der Waals surface area contributed by atoms with E-state index in [1.165, 1.54) is 9.13 Å². The van der Waals surface area contributed by atoms with Gasteiger partial charge in [0.05, 0.1) is 6.54 Å². The van der Waals surface area contributed by atoms with Crippen molar-refractivity contribution in [2.45, 2.75) is 33.4 Å². The van der Waals surface area contributed by atoms with E-state index in [0.29, 0.717) is 6.04 Å². The SMILES string of the molecule is Cc1ccc(-c2ccc(CNC(C)C)o2)cc1I. The summed E-state index contributed by atoms with van der Waals surface area (Å²) in [5.74, 6) is 1.92. The summed E-state index contributed by atoms with van der Waals surface area (Å²) in [4.78, 5) is 0. The van der Waals surface area contributed by atoms with E-state index in [4.69, 9.17) is 4.42 Å². The third-order valence-electron chi connectivity index (χ3n) is 2.80. The van der Waals surface area contributed by atoms with Crippen LogP contribution in [0, 0.1) is 10.5 Å². The molecule has 0 bridgehead atoms. The van der Waals surface area contributed by atoms with Crippen molar-refractivity contribution in [2.24, 2.45) is 0 Å². The molecule has 2 aromatic rings. The lowest BCUT2D eigenvalue weighted by atomic mass is 10.1. The van der Waals surface area contributed by atoms with Gasteiger partial charge in [0.2, 0.25) is 0 Å². The Labute approximate surface area is 122 Å². The van der Waals surface area contributed by atoms with Gasteiger partial charge in [0.1, 0.15) is 11.5 Å². The minimum atomic E-state index is 0.471. The summed E-state index contributed by atoms with van der Waals surface area (Å²) in [5, 5.41) is 3.35. The molecule has 0 spiro atoms. The van der Waals surface area contributed by atoms with Gasteiger partial charge in [0.15, 0.2) is 0 Å². The van der Waals surface area contributed by atoms with Crippen LogP contribution in [0.15, 0.2) is 34.7 Å². The van der Waals surface area contributed by atoms with Crippen molar-refractivity contribution in [3.8, 4) is 11.3 Å². The first kappa shape index (κ1) is 13.6. The second-order valence-corrected chi connectivity index (χ2v) is 5.93. The molecule has 1 aromatic carbocycles. The van der Waals surface area contributed by atoms with Crippen LogP contribution in [-0.2, 0) is 6.54 Å². The zero-order valence-corrected chi connectivity index (χ0v) is 13.1. The van der Waals surface area contributed by atoms with Crippen LogP contribution in [-0.4, -0.2) is 6.04 Å². The fourth-order valence-corrected chi connectivity index (χ4v) is 2.19. The average Bonchev–Trinajstić information content (AvgIpc) is 2.79. The molecule has 0 saturated heterocycles. The van der Waals surface area contributed by atoms with Crippen LogP contribution in [0.4, 0.5) is 0 Å². The van der Waals surface area contributed by atoms with Crippen molar-refractivity contribution in [3.63, 3.8) is 0 Å². The molecule has 1 aromatic heterocycles. The summed E-state index contributed by atoms with van der Waals surface area (Å²) in [6, 6.07) is 10.9. The predicted octanol–water partition coefficient (Wildman–Crippen LogP) is 4.36. The lowest BCUT2D eigenvalue weighted by molar-refractivity contribution is 0.473. The maximum absolute atomic E-state index is 5.85. The van der Waals surface area contributed by atoms with E-state index >= 15 is 0 Å². The molecule has 0 unspecified atom stereocenters. The van der Waals surface area contributed by atoms with Gasteiger partial charge < -0.3 is 9.73 Å². The molecule has 0 amide bonds. The topological polar surface area (TPSA) is 25.2 Å². The lowest BCUT2D eigenvalue weighted by Crippen LogP contribution is -2.21. The summed E-state index contributed by atoms with van der Waals surface area (Å²) in [6.07, 6.45) is 0. The Balaban J connectivity index is 2.16. The molecule has 2 rings (SSSR count). The van der Waals surface area contributed by atoms with Gasteiger partial charge in [-0.25, -0.2) is 0 Å². The second kappa shape index (κ2) is 5.89. The van der Waals surface area contributed by atoms with Crippen LogP contribution >= 0.6 is 22.6 Å². The van der Waals surface area contributed by atoms with Crippen molar-refractivity contribution < 1.29 is 4.42 Å². The van der Waals surface area contributed by atoms with Crippen LogP contribution in [0.2, 0.25) is 0 Å². The summed E-state index contributed by atoms with van der Waals surface area (Å²) in [5.41, 5.74) is 2.44. The smallest absolute Gasteiger partial charge is 0.134 e. The van der Waals surface area contributed by atoms with Gasteiger partial charge in [-0.05, 0) is 53.3 Å². The van der Waals surface area contributed by atoms with E-state index in [1.807, 2.05) is 12.1 Å². The summed E-state index contributed by atoms with van der Waals surface area (Å²) >= 11 is 2.35. The molecule has 18 heavy (non-hydrogen) atoms. The molecule has 0 saturated carbocycles. The average molecular weight is 355 g/mol. The molecule has 2 nitrogen and oxygen atoms in total. The molecule has 0 aliphatic rings. The number of halogens is 1. The summed E-state index contributed by atoms with van der Waals surface area (Å²) in [6.45, 7) is 7.16. The standard InChI is InChI=1S/C15H18INO/c1-10(2)17-9-13-6-7-15(18-13)12-5-4-11(3)14(16)8-12/h4-8,10,17H,9H2,1-3H3. The molecule has 0 radical (unpaired) electrons. The summed E-state index contributed by atoms with van der Waals surface area (Å²) < 4.78 is 7.12. The van der Waals surface area contributed by atoms with Gasteiger partial charge >= 0.3 is 0 Å². The molecule has 0 atom stereocenters. The Morgan fingerprint density at radius 3 is 2.67 bits per heavy atom. The Hall–Kier alpha value is -0.810. The fraction of sp³-hybridized carbons (Fsp3) is 0.333. The van der Waals surface area contributed by atoms with Crippen molar-refractivity contribution in [1.29, 1.82) is 0 Å². The van der Waals surface area contributed by atoms with Crippen LogP contribution < -0.4 is 5.32 Å². The van der Waals surface area contributed by atoms with Crippen molar-refractivity contribution in [2.75, 3.05) is 0 Å². The molecule has 1 heterocycles. The number of furan rings is 1. The number of rotatable bonds is 4. The fourth-order valence-electron chi connectivity index (χ4n) is 1.68. The van der Waals surface area contributed by atoms with Gasteiger partial charge in [-0.1, -0.05) is 26.0 Å². The summed E-state index contributed by atoms with van der Waals surface area (Å²) in [7, 11) is 0. The zero-order chi connectivity index (χ0) is 13.1. The van der Waals surface area contributed by atoms with Gasteiger partial charge in [0, 0.05) is 15.2 Å². The van der Waals surface area contributed by atoms with Gasteiger partial charge in [-0.3, -0.25) is 0 Å². The Kier molecular flexibility index (Phi) is 4.45. The number of benzene rings is 1. The monoisotopic (exact) mass is 355 g/mol. The molecule has 0 aliphatic heterocycles. The highest BCUT2D eigenvalue weighted by Crippen LogP contribution is 2.25. The highest BCUT2D eigenvalue weighted by Gasteiger charge is 2.06. The quantitative estimate of drug-likeness (QED) is 0.825. The minimum Gasteiger partial charge on any atom is -0.460 e. The largest absolute Gasteiger partial charge is 0.460 e. The third kappa shape index (κ3) is 3.36. The van der Waals surface area contributed by atoms with E-state index in [9.17, 15) is 0 Å². The van der Waals surface area contributed by atoms with Crippen LogP contribution in [0.25, 0.3) is 11.3 Å². The molecule has 0 fully saturated rings. The van der Waals surface area contributed by atoms with E-state index in [-0.39, 0.29) is 0 Å². The first-order valence-electron chi connectivity index (χ1n) is 6.15. The minimum absolute atomic E-state index is 0.471. The molecular weight excluding hydrogens is 337 g/mol. The van der Waals surface area contributed by atoms with Crippen LogP contribution in [0.5, 0.6) is 0 Å². The highest BCUT2D eigenvalue weighted by atomic mass is 127. The number of hydrogen-bond donors (Lipinski definition) is 1. The first-order valence-corrected chi connectivity index (χ1v) is 7.23. The molecule has 1 N–H and O–H groups in total. The Bertz CT molecular complexity index is 531. The predicted molar refractivity (Wildman–Crippen MR) is 83.6 cm³/mol. The first-order chi connectivity index (χ1) is 8.56. The lowest BCUT2D eigenvalue weighted by Gasteiger charge is -2.05. The highest BCUT2D eigenvalue weighted by molar-refractivity contribution is 14.1. The third-order valence-corrected chi connectivity index (χ3v) is 3.96. The van der Waals surface area contributed by atoms with Crippen LogP contribution in [0.1, 0.15) is 25.2 Å². The van der Waals surface area contributed by atoms with Crippen molar-refractivity contribution in [1.82, 2.24) is 5.32 Å². The van der Waals surface area contributed by atoms with Gasteiger partial charge in [-0.2, -0.15) is 0 Å². The molecular formula is C15H18INO. The Morgan fingerprint density at radius 1 is 1.22 bits per heavy atom. The number of hydrogen-bond acceptors (Lipinski definition) is 2. The zero-order valence-electron chi connectivity index (χ0n) is 11.0. The number of nitrogens with one attached hydrogen (secondary N) is 1. The molecule has 96 valence electrons. The Morgan fingerprint density at radius 2 is 2.00 bits per heavy atom. The second-order valence-electron chi connectivity index (χ2n) is 4.77. The van der Waals surface area contributed by atoms with Crippen molar-refractivity contribution >= 4 is 22.6 Å². The maximum Gasteiger partial charge on any atom is 0.134 e.